The first kappa shape index (κ1) is 18.6. The number of halogens is 3. The number of aromatic carboxylic acids is 1. The molecule has 0 amide bonds. The van der Waals surface area contributed by atoms with Gasteiger partial charge in [0.25, 0.3) is 0 Å². The Morgan fingerprint density at radius 3 is 2.66 bits per heavy atom. The molecule has 10 heteroatoms. The fourth-order valence-corrected chi connectivity index (χ4v) is 3.23. The topological polar surface area (TPSA) is 96.2 Å². The van der Waals surface area contributed by atoms with Crippen LogP contribution in [0.5, 0.6) is 0 Å². The Bertz CT molecular complexity index is 1350. The molecule has 0 saturated heterocycles. The van der Waals surface area contributed by atoms with Crippen LogP contribution in [0.25, 0.3) is 28.2 Å². The third kappa shape index (κ3) is 2.81. The monoisotopic (exact) mass is 413 g/mol. The molecule has 0 unspecified atom stereocenters. The number of aryl methyl sites for hydroxylation is 1. The zero-order chi connectivity index (χ0) is 20.9. The Morgan fingerprint density at radius 2 is 2.03 bits per heavy atom. The van der Waals surface area contributed by atoms with Crippen molar-refractivity contribution < 1.29 is 18.7 Å². The Balaban J connectivity index is 2.08. The number of carbonyl (C=O) groups is 1. The molecule has 1 aromatic carbocycles. The first-order valence-electron chi connectivity index (χ1n) is 8.14. The van der Waals surface area contributed by atoms with E-state index < -0.39 is 17.6 Å². The van der Waals surface area contributed by atoms with Crippen LogP contribution in [0.1, 0.15) is 16.1 Å². The van der Waals surface area contributed by atoms with E-state index in [1.165, 1.54) is 39.7 Å². The van der Waals surface area contributed by atoms with E-state index in [1.807, 2.05) is 6.07 Å². The van der Waals surface area contributed by atoms with Gasteiger partial charge in [-0.3, -0.25) is 4.40 Å². The minimum absolute atomic E-state index is 0.0637. The van der Waals surface area contributed by atoms with E-state index in [0.717, 1.165) is 6.07 Å². The second-order valence-corrected chi connectivity index (χ2v) is 6.51. The number of pyridine rings is 1. The summed E-state index contributed by atoms with van der Waals surface area (Å²) >= 11 is 6.23. The van der Waals surface area contributed by atoms with Crippen LogP contribution in [0.3, 0.4) is 0 Å². The number of nitriles is 1. The van der Waals surface area contributed by atoms with Crippen molar-refractivity contribution in [1.82, 2.24) is 18.9 Å². The third-order valence-corrected chi connectivity index (χ3v) is 4.88. The largest absolute Gasteiger partial charge is 0.478 e. The van der Waals surface area contributed by atoms with Crippen LogP contribution < -0.4 is 0 Å². The minimum atomic E-state index is -1.22. The van der Waals surface area contributed by atoms with Crippen molar-refractivity contribution in [2.45, 2.75) is 0 Å². The zero-order valence-corrected chi connectivity index (χ0v) is 15.4. The number of fused-ring (bicyclic) bond motifs is 1. The van der Waals surface area contributed by atoms with Gasteiger partial charge in [0.15, 0.2) is 17.3 Å². The second-order valence-electron chi connectivity index (χ2n) is 6.15. The van der Waals surface area contributed by atoms with E-state index in [1.54, 1.807) is 7.05 Å². The summed E-state index contributed by atoms with van der Waals surface area (Å²) in [5.74, 6) is -3.54. The molecule has 0 atom stereocenters. The van der Waals surface area contributed by atoms with Gasteiger partial charge in [0, 0.05) is 18.8 Å². The van der Waals surface area contributed by atoms with Gasteiger partial charge in [-0.05, 0) is 24.3 Å². The fourth-order valence-electron chi connectivity index (χ4n) is 3.03. The number of rotatable bonds is 3. The van der Waals surface area contributed by atoms with Crippen LogP contribution in [0.4, 0.5) is 8.78 Å². The molecule has 0 fully saturated rings. The maximum absolute atomic E-state index is 14.9. The number of carboxylic acids is 1. The lowest BCUT2D eigenvalue weighted by atomic mass is 10.00. The number of hydrogen-bond donors (Lipinski definition) is 1. The molecule has 4 rings (SSSR count). The van der Waals surface area contributed by atoms with Crippen molar-refractivity contribution in [3.05, 3.63) is 64.8 Å². The van der Waals surface area contributed by atoms with E-state index in [-0.39, 0.29) is 44.6 Å². The Kier molecular flexibility index (Phi) is 4.28. The normalized spacial score (nSPS) is 11.0. The smallest absolute Gasteiger partial charge is 0.335 e. The van der Waals surface area contributed by atoms with Gasteiger partial charge in [-0.2, -0.15) is 5.26 Å². The molecular weight excluding hydrogens is 404 g/mol. The van der Waals surface area contributed by atoms with E-state index in [4.69, 9.17) is 16.7 Å². The minimum Gasteiger partial charge on any atom is -0.478 e. The molecule has 0 radical (unpaired) electrons. The summed E-state index contributed by atoms with van der Waals surface area (Å²) in [6, 6.07) is 6.66. The second kappa shape index (κ2) is 6.68. The molecule has 7 nitrogen and oxygen atoms in total. The summed E-state index contributed by atoms with van der Waals surface area (Å²) in [5, 5.41) is 19.0. The summed E-state index contributed by atoms with van der Waals surface area (Å²) in [6.45, 7) is 0. The molecule has 0 spiro atoms. The molecule has 0 bridgehead atoms. The lowest BCUT2D eigenvalue weighted by molar-refractivity contribution is 0.0697. The van der Waals surface area contributed by atoms with E-state index in [0.29, 0.717) is 0 Å². The number of hydrogen-bond acceptors (Lipinski definition) is 4. The molecule has 29 heavy (non-hydrogen) atoms. The highest BCUT2D eigenvalue weighted by Crippen LogP contribution is 2.38. The first-order chi connectivity index (χ1) is 13.8. The molecule has 1 N–H and O–H groups in total. The standard InChI is InChI=1S/C19H10ClF2N5O2/c1-26-8-24-16(18(26)20)10-2-3-11(21)15(22)14(10)17-12(7-23)27-5-4-9(19(28)29)6-13(27)25-17/h2-6,8H,1H3,(H,28,29). The maximum Gasteiger partial charge on any atom is 0.335 e. The van der Waals surface area contributed by atoms with Crippen LogP contribution in [0, 0.1) is 23.0 Å². The van der Waals surface area contributed by atoms with Crippen molar-refractivity contribution in [3.8, 4) is 28.6 Å². The lowest BCUT2D eigenvalue weighted by Gasteiger charge is -2.09. The van der Waals surface area contributed by atoms with E-state index >= 15 is 0 Å². The Labute approximate surface area is 167 Å². The highest BCUT2D eigenvalue weighted by atomic mass is 35.5. The van der Waals surface area contributed by atoms with Crippen LogP contribution in [0.2, 0.25) is 5.15 Å². The van der Waals surface area contributed by atoms with E-state index in [2.05, 4.69) is 9.97 Å². The predicted octanol–water partition coefficient (Wildman–Crippen LogP) is 3.90. The van der Waals surface area contributed by atoms with Crippen molar-refractivity contribution in [2.24, 2.45) is 7.05 Å². The van der Waals surface area contributed by atoms with Gasteiger partial charge in [-0.15, -0.1) is 0 Å². The van der Waals surface area contributed by atoms with Crippen molar-refractivity contribution in [2.75, 3.05) is 0 Å². The molecule has 144 valence electrons. The van der Waals surface area contributed by atoms with Gasteiger partial charge in [-0.1, -0.05) is 11.6 Å². The van der Waals surface area contributed by atoms with Gasteiger partial charge in [0.05, 0.1) is 17.5 Å². The molecule has 0 aliphatic heterocycles. The predicted molar refractivity (Wildman–Crippen MR) is 99.4 cm³/mol. The van der Waals surface area contributed by atoms with Crippen LogP contribution >= 0.6 is 11.6 Å². The summed E-state index contributed by atoms with van der Waals surface area (Å²) in [4.78, 5) is 19.6. The molecule has 0 aliphatic carbocycles. The highest BCUT2D eigenvalue weighted by Gasteiger charge is 2.26. The summed E-state index contributed by atoms with van der Waals surface area (Å²) < 4.78 is 31.8. The summed E-state index contributed by atoms with van der Waals surface area (Å²) in [6.07, 6.45) is 2.75. The number of benzene rings is 1. The molecular formula is C19H10ClF2N5O2. The molecule has 3 aromatic heterocycles. The molecule has 3 heterocycles. The maximum atomic E-state index is 14.9. The van der Waals surface area contributed by atoms with Crippen molar-refractivity contribution in [3.63, 3.8) is 0 Å². The van der Waals surface area contributed by atoms with Crippen LogP contribution in [-0.4, -0.2) is 30.0 Å². The Hall–Kier alpha value is -3.77. The third-order valence-electron chi connectivity index (χ3n) is 4.43. The average Bonchev–Trinajstić information content (AvgIpc) is 3.23. The van der Waals surface area contributed by atoms with Gasteiger partial charge >= 0.3 is 5.97 Å². The quantitative estimate of drug-likeness (QED) is 0.549. The average molecular weight is 414 g/mol. The van der Waals surface area contributed by atoms with Crippen LogP contribution in [0.15, 0.2) is 36.8 Å². The Morgan fingerprint density at radius 1 is 1.28 bits per heavy atom. The van der Waals surface area contributed by atoms with Crippen molar-refractivity contribution >= 4 is 23.2 Å². The zero-order valence-electron chi connectivity index (χ0n) is 14.7. The molecule has 0 aliphatic rings. The number of aromatic nitrogens is 4. The van der Waals surface area contributed by atoms with Gasteiger partial charge < -0.3 is 9.67 Å². The van der Waals surface area contributed by atoms with Crippen molar-refractivity contribution in [1.29, 1.82) is 5.26 Å². The molecule has 4 aromatic rings. The fraction of sp³-hybridized carbons (Fsp3) is 0.0526. The number of nitrogens with zero attached hydrogens (tertiary/aromatic N) is 5. The highest BCUT2D eigenvalue weighted by molar-refractivity contribution is 6.32. The lowest BCUT2D eigenvalue weighted by Crippen LogP contribution is -1.98. The SMILES string of the molecule is Cn1cnc(-c2ccc(F)c(F)c2-c2nc3cc(C(=O)O)ccn3c2C#N)c1Cl. The number of carboxylic acid groups (broad SMARTS) is 1. The van der Waals surface area contributed by atoms with Crippen LogP contribution in [-0.2, 0) is 7.05 Å². The number of imidazole rings is 2. The van der Waals surface area contributed by atoms with Gasteiger partial charge in [-0.25, -0.2) is 23.5 Å². The first-order valence-corrected chi connectivity index (χ1v) is 8.52. The molecule has 0 saturated carbocycles. The van der Waals surface area contributed by atoms with Gasteiger partial charge in [0.1, 0.15) is 28.3 Å². The summed E-state index contributed by atoms with van der Waals surface area (Å²) in [7, 11) is 1.64. The van der Waals surface area contributed by atoms with E-state index in [9.17, 15) is 18.8 Å². The van der Waals surface area contributed by atoms with Gasteiger partial charge in [0.2, 0.25) is 0 Å². The summed E-state index contributed by atoms with van der Waals surface area (Å²) in [5.41, 5.74) is -0.159.